The van der Waals surface area contributed by atoms with Gasteiger partial charge in [0.2, 0.25) is 5.91 Å². The number of nitrogens with two attached hydrogens (primary N) is 1. The SMILES string of the molecule is CCC(CC)C(=O)Nc1ccc2ccc(CC[C@]3(C)CCC(c4ccc5c(N)ncnn45)C3)cc2n1. The largest absolute Gasteiger partial charge is 0.382 e. The summed E-state index contributed by atoms with van der Waals surface area (Å²) in [7, 11) is 0. The molecule has 0 aliphatic heterocycles. The average Bonchev–Trinajstić information content (AvgIpc) is 3.48. The van der Waals surface area contributed by atoms with Crippen molar-refractivity contribution >= 4 is 34.0 Å². The Morgan fingerprint density at radius 2 is 2.00 bits per heavy atom. The van der Waals surface area contributed by atoms with Crippen molar-refractivity contribution in [3.63, 3.8) is 0 Å². The van der Waals surface area contributed by atoms with Gasteiger partial charge in [0.15, 0.2) is 5.82 Å². The molecule has 188 valence electrons. The number of carbonyl (C=O) groups is 1. The van der Waals surface area contributed by atoms with Crippen LogP contribution in [0.15, 0.2) is 48.8 Å². The van der Waals surface area contributed by atoms with Crippen molar-refractivity contribution in [1.29, 1.82) is 0 Å². The van der Waals surface area contributed by atoms with E-state index in [-0.39, 0.29) is 17.2 Å². The van der Waals surface area contributed by atoms with Crippen molar-refractivity contribution in [2.75, 3.05) is 11.1 Å². The van der Waals surface area contributed by atoms with Crippen LogP contribution in [0.1, 0.15) is 76.5 Å². The van der Waals surface area contributed by atoms with Crippen molar-refractivity contribution in [1.82, 2.24) is 19.6 Å². The fourth-order valence-electron chi connectivity index (χ4n) is 5.81. The first-order chi connectivity index (χ1) is 17.4. The van der Waals surface area contributed by atoms with E-state index in [1.165, 1.54) is 24.0 Å². The average molecular weight is 485 g/mol. The van der Waals surface area contributed by atoms with Gasteiger partial charge < -0.3 is 11.1 Å². The van der Waals surface area contributed by atoms with Crippen LogP contribution in [-0.2, 0) is 11.2 Å². The van der Waals surface area contributed by atoms with Crippen LogP contribution in [0.3, 0.4) is 0 Å². The third-order valence-corrected chi connectivity index (χ3v) is 8.15. The maximum absolute atomic E-state index is 12.5. The molecule has 0 radical (unpaired) electrons. The molecule has 2 atom stereocenters. The van der Waals surface area contributed by atoms with E-state index in [4.69, 9.17) is 10.7 Å². The summed E-state index contributed by atoms with van der Waals surface area (Å²) in [4.78, 5) is 21.4. The van der Waals surface area contributed by atoms with Crippen LogP contribution in [0, 0.1) is 11.3 Å². The van der Waals surface area contributed by atoms with Crippen LogP contribution < -0.4 is 11.1 Å². The number of aryl methyl sites for hydroxylation is 1. The number of carbonyl (C=O) groups excluding carboxylic acids is 1. The van der Waals surface area contributed by atoms with E-state index in [1.54, 1.807) is 0 Å². The lowest BCUT2D eigenvalue weighted by molar-refractivity contribution is -0.120. The molecule has 1 aromatic carbocycles. The Bertz CT molecular complexity index is 1390. The van der Waals surface area contributed by atoms with E-state index in [2.05, 4.69) is 46.6 Å². The molecule has 1 fully saturated rings. The van der Waals surface area contributed by atoms with Crippen molar-refractivity contribution in [3.8, 4) is 0 Å². The second kappa shape index (κ2) is 9.88. The molecule has 4 aromatic rings. The summed E-state index contributed by atoms with van der Waals surface area (Å²) in [6, 6.07) is 14.7. The fraction of sp³-hybridized carbons (Fsp3) is 0.448. The van der Waals surface area contributed by atoms with Gasteiger partial charge >= 0.3 is 0 Å². The van der Waals surface area contributed by atoms with Gasteiger partial charge in [-0.15, -0.1) is 0 Å². The topological polar surface area (TPSA) is 98.2 Å². The quantitative estimate of drug-likeness (QED) is 0.313. The summed E-state index contributed by atoms with van der Waals surface area (Å²) in [5, 5.41) is 8.55. The highest BCUT2D eigenvalue weighted by molar-refractivity contribution is 5.93. The summed E-state index contributed by atoms with van der Waals surface area (Å²) < 4.78 is 1.97. The zero-order valence-electron chi connectivity index (χ0n) is 21.5. The highest BCUT2D eigenvalue weighted by Gasteiger charge is 2.36. The van der Waals surface area contributed by atoms with E-state index in [0.717, 1.165) is 54.9 Å². The summed E-state index contributed by atoms with van der Waals surface area (Å²) in [6.45, 7) is 6.51. The van der Waals surface area contributed by atoms with Crippen LogP contribution in [0.5, 0.6) is 0 Å². The lowest BCUT2D eigenvalue weighted by Gasteiger charge is -2.24. The normalized spacial score (nSPS) is 19.9. The number of aromatic nitrogens is 4. The van der Waals surface area contributed by atoms with E-state index in [9.17, 15) is 4.79 Å². The smallest absolute Gasteiger partial charge is 0.228 e. The summed E-state index contributed by atoms with van der Waals surface area (Å²) in [5.41, 5.74) is 10.7. The molecule has 1 unspecified atom stereocenters. The summed E-state index contributed by atoms with van der Waals surface area (Å²) in [6.07, 6.45) is 8.84. The first-order valence-electron chi connectivity index (χ1n) is 13.2. The molecule has 3 heterocycles. The van der Waals surface area contributed by atoms with Crippen LogP contribution in [0.25, 0.3) is 16.4 Å². The van der Waals surface area contributed by atoms with E-state index in [1.807, 2.05) is 36.6 Å². The number of nitrogens with one attached hydrogen (secondary N) is 1. The van der Waals surface area contributed by atoms with Gasteiger partial charge in [0.25, 0.3) is 0 Å². The number of hydrogen-bond acceptors (Lipinski definition) is 5. The Balaban J connectivity index is 1.26. The monoisotopic (exact) mass is 484 g/mol. The van der Waals surface area contributed by atoms with Gasteiger partial charge in [-0.3, -0.25) is 4.79 Å². The van der Waals surface area contributed by atoms with Crippen LogP contribution in [0.4, 0.5) is 11.6 Å². The number of rotatable bonds is 8. The van der Waals surface area contributed by atoms with Gasteiger partial charge in [-0.1, -0.05) is 32.9 Å². The lowest BCUT2D eigenvalue weighted by atomic mass is 9.81. The van der Waals surface area contributed by atoms with Crippen LogP contribution in [-0.4, -0.2) is 25.5 Å². The Morgan fingerprint density at radius 1 is 1.19 bits per heavy atom. The maximum Gasteiger partial charge on any atom is 0.228 e. The Hall–Kier alpha value is -3.48. The highest BCUT2D eigenvalue weighted by atomic mass is 16.1. The number of nitrogen functional groups attached to an aromatic ring is 1. The highest BCUT2D eigenvalue weighted by Crippen LogP contribution is 2.49. The molecular formula is C29H36N6O. The number of nitrogens with zero attached hydrogens (tertiary/aromatic N) is 4. The molecule has 3 aromatic heterocycles. The molecule has 0 bridgehead atoms. The summed E-state index contributed by atoms with van der Waals surface area (Å²) in [5.74, 6) is 1.72. The maximum atomic E-state index is 12.5. The molecule has 36 heavy (non-hydrogen) atoms. The van der Waals surface area contributed by atoms with Gasteiger partial charge in [0, 0.05) is 22.9 Å². The van der Waals surface area contributed by atoms with Crippen molar-refractivity contribution in [2.45, 2.75) is 71.6 Å². The standard InChI is InChI=1S/C29H36N6O/c1-4-20(5-2)28(36)34-26-11-8-21-7-6-19(16-23(21)33-26)12-14-29(3)15-13-22(17-29)24-9-10-25-27(30)31-18-32-35(24)25/h6-11,16,18,20,22H,4-5,12-15,17H2,1-3H3,(H2,30,31,32)(H,33,34,36)/t22?,29-/m1/s1. The molecule has 0 spiro atoms. The molecule has 0 saturated heterocycles. The summed E-state index contributed by atoms with van der Waals surface area (Å²) >= 11 is 0. The van der Waals surface area contributed by atoms with Crippen LogP contribution in [0.2, 0.25) is 0 Å². The molecule has 7 nitrogen and oxygen atoms in total. The zero-order chi connectivity index (χ0) is 25.3. The molecule has 5 rings (SSSR count). The zero-order valence-corrected chi connectivity index (χ0v) is 21.5. The second-order valence-corrected chi connectivity index (χ2v) is 10.7. The number of hydrogen-bond donors (Lipinski definition) is 2. The van der Waals surface area contributed by atoms with Gasteiger partial charge in [0.1, 0.15) is 17.7 Å². The molecular weight excluding hydrogens is 448 g/mol. The van der Waals surface area contributed by atoms with Gasteiger partial charge in [-0.05, 0) is 86.3 Å². The molecule has 1 saturated carbocycles. The molecule has 7 heteroatoms. The minimum absolute atomic E-state index is 0.0272. The number of amides is 1. The number of fused-ring (bicyclic) bond motifs is 2. The first-order valence-corrected chi connectivity index (χ1v) is 13.2. The minimum Gasteiger partial charge on any atom is -0.382 e. The van der Waals surface area contributed by atoms with Crippen LogP contribution >= 0.6 is 0 Å². The van der Waals surface area contributed by atoms with Gasteiger partial charge in [-0.2, -0.15) is 5.10 Å². The Morgan fingerprint density at radius 3 is 2.81 bits per heavy atom. The second-order valence-electron chi connectivity index (χ2n) is 10.7. The lowest BCUT2D eigenvalue weighted by Crippen LogP contribution is -2.22. The number of benzene rings is 1. The van der Waals surface area contributed by atoms with E-state index < -0.39 is 0 Å². The van der Waals surface area contributed by atoms with E-state index in [0.29, 0.717) is 17.6 Å². The van der Waals surface area contributed by atoms with Gasteiger partial charge in [0.05, 0.1) is 5.52 Å². The Labute approximate surface area is 212 Å². The molecule has 3 N–H and O–H groups in total. The fourth-order valence-corrected chi connectivity index (χ4v) is 5.81. The number of anilines is 2. The minimum atomic E-state index is 0.0272. The van der Waals surface area contributed by atoms with Crippen molar-refractivity contribution < 1.29 is 4.79 Å². The first kappa shape index (κ1) is 24.2. The Kier molecular flexibility index (Phi) is 6.65. The van der Waals surface area contributed by atoms with Gasteiger partial charge in [-0.25, -0.2) is 14.5 Å². The molecule has 1 aliphatic carbocycles. The third kappa shape index (κ3) is 4.79. The third-order valence-electron chi connectivity index (χ3n) is 8.15. The molecule has 1 aliphatic rings. The number of pyridine rings is 1. The predicted molar refractivity (Wildman–Crippen MR) is 145 cm³/mol. The van der Waals surface area contributed by atoms with Crippen molar-refractivity contribution in [2.24, 2.45) is 11.3 Å². The van der Waals surface area contributed by atoms with E-state index >= 15 is 0 Å². The predicted octanol–water partition coefficient (Wildman–Crippen LogP) is 6.14. The molecule has 1 amide bonds. The van der Waals surface area contributed by atoms with Crippen molar-refractivity contribution in [3.05, 3.63) is 60.0 Å².